The third-order valence-electron chi connectivity index (χ3n) is 1.55. The Morgan fingerprint density at radius 1 is 1.50 bits per heavy atom. The van der Waals surface area contributed by atoms with Crippen molar-refractivity contribution >= 4 is 16.5 Å². The molecule has 0 aromatic rings. The summed E-state index contributed by atoms with van der Waals surface area (Å²) in [5, 5.41) is 0. The summed E-state index contributed by atoms with van der Waals surface area (Å²) in [5.74, 6) is -0.350. The van der Waals surface area contributed by atoms with Gasteiger partial charge in [-0.3, -0.25) is 0 Å². The molecule has 1 unspecified atom stereocenters. The molecule has 0 rings (SSSR count). The molecule has 0 heterocycles. The highest BCUT2D eigenvalue weighted by molar-refractivity contribution is 5.98. The van der Waals surface area contributed by atoms with Crippen molar-refractivity contribution in [3.8, 4) is 0 Å². The second-order valence-corrected chi connectivity index (χ2v) is 3.42. The van der Waals surface area contributed by atoms with Gasteiger partial charge in [-0.1, -0.05) is 6.58 Å². The first kappa shape index (κ1) is 13.3. The molecule has 0 radical (unpaired) electrons. The second kappa shape index (κ2) is 7.72. The van der Waals surface area contributed by atoms with Gasteiger partial charge < -0.3 is 13.9 Å². The van der Waals surface area contributed by atoms with Crippen molar-refractivity contribution in [1.82, 2.24) is 0 Å². The van der Waals surface area contributed by atoms with Gasteiger partial charge in [0.15, 0.2) is 0 Å². The third-order valence-corrected chi connectivity index (χ3v) is 2.22. The van der Waals surface area contributed by atoms with Crippen LogP contribution >= 0.6 is 0 Å². The van der Waals surface area contributed by atoms with Gasteiger partial charge in [0.25, 0.3) is 0 Å². The first-order valence-corrected chi connectivity index (χ1v) is 5.36. The highest BCUT2D eigenvalue weighted by atomic mass is 28.2. The molecular weight excluding hydrogens is 200 g/mol. The van der Waals surface area contributed by atoms with E-state index in [-0.39, 0.29) is 12.3 Å². The van der Waals surface area contributed by atoms with Gasteiger partial charge in [-0.15, -0.1) is 0 Å². The molecule has 14 heavy (non-hydrogen) atoms. The van der Waals surface area contributed by atoms with Crippen LogP contribution in [0.4, 0.5) is 0 Å². The van der Waals surface area contributed by atoms with E-state index in [1.54, 1.807) is 6.92 Å². The Kier molecular flexibility index (Phi) is 7.36. The summed E-state index contributed by atoms with van der Waals surface area (Å²) in [6, 6.07) is 0. The average molecular weight is 218 g/mol. The number of ether oxygens (including phenoxy) is 2. The minimum Gasteiger partial charge on any atom is -0.462 e. The van der Waals surface area contributed by atoms with Crippen molar-refractivity contribution in [1.29, 1.82) is 0 Å². The van der Waals surface area contributed by atoms with Gasteiger partial charge in [0.1, 0.15) is 16.8 Å². The number of carbonyl (C=O) groups excluding carboxylic acids is 1. The van der Waals surface area contributed by atoms with Crippen molar-refractivity contribution in [3.05, 3.63) is 12.2 Å². The first-order chi connectivity index (χ1) is 6.57. The largest absolute Gasteiger partial charge is 0.462 e. The third kappa shape index (κ3) is 6.82. The lowest BCUT2D eigenvalue weighted by molar-refractivity contribution is -0.139. The van der Waals surface area contributed by atoms with Gasteiger partial charge in [-0.2, -0.15) is 0 Å². The Morgan fingerprint density at radius 2 is 2.14 bits per heavy atom. The second-order valence-electron chi connectivity index (χ2n) is 2.94. The molecule has 82 valence electrons. The minimum absolute atomic E-state index is 0.154. The molecule has 0 saturated carbocycles. The molecule has 0 amide bonds. The van der Waals surface area contributed by atoms with Crippen LogP contribution in [0.3, 0.4) is 0 Å². The average Bonchev–Trinajstić information content (AvgIpc) is 2.16. The minimum atomic E-state index is -0.350. The van der Waals surface area contributed by atoms with Gasteiger partial charge in [0.05, 0.1) is 13.2 Å². The molecule has 0 N–H and O–H groups in total. The van der Waals surface area contributed by atoms with Crippen LogP contribution in [0.2, 0.25) is 0 Å². The van der Waals surface area contributed by atoms with Crippen molar-refractivity contribution in [2.45, 2.75) is 26.6 Å². The Bertz CT molecular complexity index is 193. The van der Waals surface area contributed by atoms with E-state index >= 15 is 0 Å². The van der Waals surface area contributed by atoms with E-state index in [0.717, 1.165) is 0 Å². The molecule has 0 fully saturated rings. The fourth-order valence-electron chi connectivity index (χ4n) is 0.664. The van der Waals surface area contributed by atoms with E-state index in [1.807, 2.05) is 6.92 Å². The molecule has 0 spiro atoms. The Labute approximate surface area is 87.8 Å². The predicted molar refractivity (Wildman–Crippen MR) is 56.8 cm³/mol. The standard InChI is InChI=1S/C9H18O4Si/c1-7(2)9(10)12-6-4-5-11-8(3)13-14/h8H,1,4-6H2,2-3,14H3. The normalized spacial score (nSPS) is 12.4. The van der Waals surface area contributed by atoms with Crippen molar-refractivity contribution in [3.63, 3.8) is 0 Å². The van der Waals surface area contributed by atoms with E-state index in [1.165, 1.54) is 0 Å². The molecule has 0 aromatic carbocycles. The smallest absolute Gasteiger partial charge is 0.333 e. The van der Waals surface area contributed by atoms with Gasteiger partial charge in [0, 0.05) is 12.0 Å². The molecule has 0 aliphatic rings. The summed E-state index contributed by atoms with van der Waals surface area (Å²) < 4.78 is 15.1. The molecule has 4 nitrogen and oxygen atoms in total. The predicted octanol–water partition coefficient (Wildman–Crippen LogP) is 0.155. The Balaban J connectivity index is 3.30. The zero-order valence-electron chi connectivity index (χ0n) is 9.04. The molecule has 0 saturated heterocycles. The van der Waals surface area contributed by atoms with Gasteiger partial charge in [0.2, 0.25) is 0 Å². The number of rotatable bonds is 7. The van der Waals surface area contributed by atoms with Gasteiger partial charge in [-0.05, 0) is 13.8 Å². The van der Waals surface area contributed by atoms with E-state index in [0.29, 0.717) is 35.7 Å². The zero-order chi connectivity index (χ0) is 11.0. The molecule has 5 heteroatoms. The summed E-state index contributed by atoms with van der Waals surface area (Å²) >= 11 is 0. The first-order valence-electron chi connectivity index (χ1n) is 4.55. The number of carbonyl (C=O) groups is 1. The summed E-state index contributed by atoms with van der Waals surface area (Å²) in [5.41, 5.74) is 0.419. The summed E-state index contributed by atoms with van der Waals surface area (Å²) in [4.78, 5) is 10.9. The van der Waals surface area contributed by atoms with E-state index in [2.05, 4.69) is 6.58 Å². The Morgan fingerprint density at radius 3 is 2.64 bits per heavy atom. The monoisotopic (exact) mass is 218 g/mol. The Hall–Kier alpha value is -0.653. The summed E-state index contributed by atoms with van der Waals surface area (Å²) in [6.45, 7) is 7.83. The maximum atomic E-state index is 10.9. The van der Waals surface area contributed by atoms with Gasteiger partial charge in [-0.25, -0.2) is 4.79 Å². The maximum Gasteiger partial charge on any atom is 0.333 e. The van der Waals surface area contributed by atoms with Crippen molar-refractivity contribution in [2.75, 3.05) is 13.2 Å². The quantitative estimate of drug-likeness (QED) is 0.201. The maximum absolute atomic E-state index is 10.9. The highest BCUT2D eigenvalue weighted by Gasteiger charge is 2.02. The van der Waals surface area contributed by atoms with Crippen LogP contribution < -0.4 is 0 Å². The highest BCUT2D eigenvalue weighted by Crippen LogP contribution is 1.95. The van der Waals surface area contributed by atoms with Crippen LogP contribution in [0.15, 0.2) is 12.2 Å². The number of esters is 1. The molecule has 0 bridgehead atoms. The van der Waals surface area contributed by atoms with Crippen LogP contribution in [0, 0.1) is 0 Å². The molecule has 1 atom stereocenters. The molecule has 0 aliphatic heterocycles. The molecular formula is C9H18O4Si. The molecule has 0 aromatic heterocycles. The topological polar surface area (TPSA) is 44.8 Å². The van der Waals surface area contributed by atoms with Crippen LogP contribution in [0.25, 0.3) is 0 Å². The van der Waals surface area contributed by atoms with Crippen LogP contribution in [0.5, 0.6) is 0 Å². The zero-order valence-corrected chi connectivity index (χ0v) is 11.0. The lowest BCUT2D eigenvalue weighted by atomic mass is 10.4. The van der Waals surface area contributed by atoms with Crippen molar-refractivity contribution in [2.24, 2.45) is 0 Å². The lowest BCUT2D eigenvalue weighted by Gasteiger charge is -2.11. The fourth-order valence-corrected chi connectivity index (χ4v) is 0.800. The van der Waals surface area contributed by atoms with Crippen LogP contribution in [0.1, 0.15) is 20.3 Å². The van der Waals surface area contributed by atoms with E-state index in [4.69, 9.17) is 13.9 Å². The van der Waals surface area contributed by atoms with Gasteiger partial charge >= 0.3 is 5.97 Å². The summed E-state index contributed by atoms with van der Waals surface area (Å²) in [7, 11) is 0.665. The van der Waals surface area contributed by atoms with Crippen molar-refractivity contribution < 1.29 is 18.7 Å². The lowest BCUT2D eigenvalue weighted by Crippen LogP contribution is -2.14. The SMILES string of the molecule is C=C(C)C(=O)OCCCOC(C)O[SiH3]. The summed E-state index contributed by atoms with van der Waals surface area (Å²) in [6.07, 6.45) is 0.521. The number of hydrogen-bond acceptors (Lipinski definition) is 4. The van der Waals surface area contributed by atoms with E-state index in [9.17, 15) is 4.79 Å². The van der Waals surface area contributed by atoms with Crippen LogP contribution in [-0.4, -0.2) is 36.0 Å². The molecule has 0 aliphatic carbocycles. The number of hydrogen-bond donors (Lipinski definition) is 0. The van der Waals surface area contributed by atoms with Crippen LogP contribution in [-0.2, 0) is 18.7 Å². The van der Waals surface area contributed by atoms with E-state index < -0.39 is 0 Å². The fraction of sp³-hybridized carbons (Fsp3) is 0.667.